The molecule has 0 spiro atoms. The van der Waals surface area contributed by atoms with Crippen LogP contribution in [0.3, 0.4) is 0 Å². The quantitative estimate of drug-likeness (QED) is 0.362. The number of hydrogen-bond acceptors (Lipinski definition) is 3. The number of guanidine groups is 1. The fourth-order valence-corrected chi connectivity index (χ4v) is 1.23. The van der Waals surface area contributed by atoms with Crippen LogP contribution < -0.4 is 11.1 Å². The largest absolute Gasteiger partial charge is 0.383 e. The van der Waals surface area contributed by atoms with Crippen molar-refractivity contribution < 1.29 is 4.74 Å². The number of rotatable bonds is 9. The summed E-state index contributed by atoms with van der Waals surface area (Å²) in [6, 6.07) is 0. The van der Waals surface area contributed by atoms with Gasteiger partial charge in [0, 0.05) is 33.3 Å². The van der Waals surface area contributed by atoms with Crippen LogP contribution in [-0.2, 0) is 4.74 Å². The molecule has 0 unspecified atom stereocenters. The Morgan fingerprint density at radius 2 is 2.06 bits per heavy atom. The molecule has 0 saturated heterocycles. The zero-order valence-corrected chi connectivity index (χ0v) is 14.4. The molecule has 0 aliphatic carbocycles. The standard InChI is InChI=1S/C12H28N4O.HI/c1-11(2)5-6-14-12(13)15-7-8-16(3)9-10-17-4;/h11H,5-10H2,1-4H3,(H3,13,14,15);1H. The Labute approximate surface area is 129 Å². The molecule has 0 aliphatic heterocycles. The van der Waals surface area contributed by atoms with Crippen molar-refractivity contribution in [2.45, 2.75) is 20.3 Å². The molecule has 5 nitrogen and oxygen atoms in total. The Bertz CT molecular complexity index is 212. The lowest BCUT2D eigenvalue weighted by Gasteiger charge is -2.16. The summed E-state index contributed by atoms with van der Waals surface area (Å²) in [5, 5.41) is 3.11. The van der Waals surface area contributed by atoms with Crippen molar-refractivity contribution in [1.82, 2.24) is 10.2 Å². The highest BCUT2D eigenvalue weighted by atomic mass is 127. The number of ether oxygens (including phenoxy) is 1. The molecule has 0 heterocycles. The molecule has 0 radical (unpaired) electrons. The van der Waals surface area contributed by atoms with E-state index in [1.165, 1.54) is 0 Å². The van der Waals surface area contributed by atoms with E-state index in [0.29, 0.717) is 11.9 Å². The lowest BCUT2D eigenvalue weighted by molar-refractivity contribution is 0.162. The second-order valence-electron chi connectivity index (χ2n) is 4.67. The second kappa shape index (κ2) is 13.4. The van der Waals surface area contributed by atoms with Crippen LogP contribution in [0.2, 0.25) is 0 Å². The van der Waals surface area contributed by atoms with E-state index in [9.17, 15) is 0 Å². The summed E-state index contributed by atoms with van der Waals surface area (Å²) in [4.78, 5) is 6.46. The highest BCUT2D eigenvalue weighted by molar-refractivity contribution is 14.0. The highest BCUT2D eigenvalue weighted by Gasteiger charge is 1.98. The van der Waals surface area contributed by atoms with Crippen molar-refractivity contribution in [3.63, 3.8) is 0 Å². The van der Waals surface area contributed by atoms with Gasteiger partial charge in [-0.15, -0.1) is 24.0 Å². The molecule has 18 heavy (non-hydrogen) atoms. The van der Waals surface area contributed by atoms with Crippen molar-refractivity contribution in [3.8, 4) is 0 Å². The van der Waals surface area contributed by atoms with Gasteiger partial charge in [0.1, 0.15) is 0 Å². The van der Waals surface area contributed by atoms with Crippen LogP contribution in [0.5, 0.6) is 0 Å². The van der Waals surface area contributed by atoms with Crippen molar-refractivity contribution in [2.24, 2.45) is 16.6 Å². The lowest BCUT2D eigenvalue weighted by atomic mass is 10.1. The van der Waals surface area contributed by atoms with E-state index in [1.807, 2.05) is 0 Å². The number of aliphatic imine (C=N–C) groups is 1. The van der Waals surface area contributed by atoms with E-state index in [1.54, 1.807) is 7.11 Å². The van der Waals surface area contributed by atoms with Crippen molar-refractivity contribution in [2.75, 3.05) is 46.9 Å². The molecule has 0 aliphatic rings. The Kier molecular flexibility index (Phi) is 15.0. The first kappa shape index (κ1) is 20.2. The predicted octanol–water partition coefficient (Wildman–Crippen LogP) is 1.13. The summed E-state index contributed by atoms with van der Waals surface area (Å²) in [7, 11) is 3.78. The fourth-order valence-electron chi connectivity index (χ4n) is 1.23. The van der Waals surface area contributed by atoms with Crippen LogP contribution >= 0.6 is 24.0 Å². The maximum atomic E-state index is 5.74. The smallest absolute Gasteiger partial charge is 0.188 e. The molecular formula is C12H29IN4O. The van der Waals surface area contributed by atoms with Gasteiger partial charge >= 0.3 is 0 Å². The average molecular weight is 372 g/mol. The summed E-state index contributed by atoms with van der Waals surface area (Å²) in [5.41, 5.74) is 5.74. The summed E-state index contributed by atoms with van der Waals surface area (Å²) >= 11 is 0. The first-order chi connectivity index (χ1) is 8.06. The number of nitrogens with two attached hydrogens (primary N) is 1. The number of methoxy groups -OCH3 is 1. The molecule has 0 saturated carbocycles. The van der Waals surface area contributed by atoms with Crippen LogP contribution in [0.4, 0.5) is 0 Å². The predicted molar refractivity (Wildman–Crippen MR) is 88.7 cm³/mol. The second-order valence-corrected chi connectivity index (χ2v) is 4.67. The number of nitrogens with zero attached hydrogens (tertiary/aromatic N) is 2. The van der Waals surface area contributed by atoms with E-state index in [-0.39, 0.29) is 24.0 Å². The van der Waals surface area contributed by atoms with E-state index in [2.05, 4.69) is 36.1 Å². The van der Waals surface area contributed by atoms with Crippen molar-refractivity contribution >= 4 is 29.9 Å². The molecule has 0 bridgehead atoms. The summed E-state index contributed by atoms with van der Waals surface area (Å²) in [6.45, 7) is 8.61. The highest BCUT2D eigenvalue weighted by Crippen LogP contribution is 1.97. The van der Waals surface area contributed by atoms with Crippen LogP contribution in [0.25, 0.3) is 0 Å². The third kappa shape index (κ3) is 14.0. The van der Waals surface area contributed by atoms with Gasteiger partial charge in [-0.2, -0.15) is 0 Å². The van der Waals surface area contributed by atoms with Gasteiger partial charge in [0.15, 0.2) is 5.96 Å². The molecule has 3 N–H and O–H groups in total. The number of nitrogens with one attached hydrogen (secondary N) is 1. The Morgan fingerprint density at radius 1 is 1.39 bits per heavy atom. The summed E-state index contributed by atoms with van der Waals surface area (Å²) in [5.74, 6) is 1.22. The third-order valence-electron chi connectivity index (χ3n) is 2.47. The van der Waals surface area contributed by atoms with E-state index >= 15 is 0 Å². The first-order valence-corrected chi connectivity index (χ1v) is 6.27. The van der Waals surface area contributed by atoms with Crippen LogP contribution in [0.1, 0.15) is 20.3 Å². The topological polar surface area (TPSA) is 62.9 Å². The maximum Gasteiger partial charge on any atom is 0.188 e. The molecular weight excluding hydrogens is 343 g/mol. The normalized spacial score (nSPS) is 11.8. The minimum Gasteiger partial charge on any atom is -0.383 e. The van der Waals surface area contributed by atoms with E-state index in [0.717, 1.165) is 39.2 Å². The summed E-state index contributed by atoms with van der Waals surface area (Å²) < 4.78 is 5.00. The fraction of sp³-hybridized carbons (Fsp3) is 0.917. The minimum absolute atomic E-state index is 0. The van der Waals surface area contributed by atoms with Crippen LogP contribution in [0, 0.1) is 5.92 Å². The number of halogens is 1. The molecule has 0 fully saturated rings. The Hall–Kier alpha value is -0.0800. The van der Waals surface area contributed by atoms with Crippen molar-refractivity contribution in [1.29, 1.82) is 0 Å². The summed E-state index contributed by atoms with van der Waals surface area (Å²) in [6.07, 6.45) is 1.08. The number of hydrogen-bond donors (Lipinski definition) is 2. The monoisotopic (exact) mass is 372 g/mol. The molecule has 0 amide bonds. The molecule has 110 valence electrons. The van der Waals surface area contributed by atoms with Crippen LogP contribution in [0.15, 0.2) is 4.99 Å². The minimum atomic E-state index is 0. The zero-order chi connectivity index (χ0) is 13.1. The van der Waals surface area contributed by atoms with Crippen molar-refractivity contribution in [3.05, 3.63) is 0 Å². The van der Waals surface area contributed by atoms with E-state index in [4.69, 9.17) is 10.5 Å². The van der Waals surface area contributed by atoms with Gasteiger partial charge in [0.05, 0.1) is 6.61 Å². The van der Waals surface area contributed by atoms with Crippen LogP contribution in [-0.4, -0.2) is 57.8 Å². The van der Waals surface area contributed by atoms with Gasteiger partial charge < -0.3 is 20.7 Å². The Morgan fingerprint density at radius 3 is 2.61 bits per heavy atom. The van der Waals surface area contributed by atoms with Gasteiger partial charge in [-0.25, -0.2) is 0 Å². The molecule has 0 aromatic heterocycles. The molecule has 0 atom stereocenters. The SMILES string of the molecule is COCCN(C)CCNC(N)=NCCC(C)C.I. The maximum absolute atomic E-state index is 5.74. The lowest BCUT2D eigenvalue weighted by Crippen LogP contribution is -2.38. The van der Waals surface area contributed by atoms with E-state index < -0.39 is 0 Å². The molecule has 0 aromatic rings. The van der Waals surface area contributed by atoms with Gasteiger partial charge in [0.25, 0.3) is 0 Å². The zero-order valence-electron chi connectivity index (χ0n) is 12.1. The first-order valence-electron chi connectivity index (χ1n) is 6.27. The van der Waals surface area contributed by atoms with Gasteiger partial charge in [-0.3, -0.25) is 4.99 Å². The average Bonchev–Trinajstić information content (AvgIpc) is 2.25. The van der Waals surface area contributed by atoms with Gasteiger partial charge in [-0.05, 0) is 19.4 Å². The number of likely N-dealkylation sites (N-methyl/N-ethyl adjacent to an activating group) is 1. The Balaban J connectivity index is 0. The van der Waals surface area contributed by atoms with Gasteiger partial charge in [-0.1, -0.05) is 13.8 Å². The third-order valence-corrected chi connectivity index (χ3v) is 2.47. The molecule has 6 heteroatoms. The molecule has 0 aromatic carbocycles. The molecule has 0 rings (SSSR count). The van der Waals surface area contributed by atoms with Gasteiger partial charge in [0.2, 0.25) is 0 Å².